The second-order valence-corrected chi connectivity index (χ2v) is 8.51. The number of rotatable bonds is 9. The summed E-state index contributed by atoms with van der Waals surface area (Å²) >= 11 is 1.25. The molecule has 0 aliphatic rings. The van der Waals surface area contributed by atoms with E-state index < -0.39 is 0 Å². The maximum atomic E-state index is 12.5. The molecule has 0 saturated heterocycles. The molecule has 0 spiro atoms. The van der Waals surface area contributed by atoms with Crippen LogP contribution in [0.1, 0.15) is 12.1 Å². The summed E-state index contributed by atoms with van der Waals surface area (Å²) in [7, 11) is 3.45. The summed E-state index contributed by atoms with van der Waals surface area (Å²) in [6, 6.07) is 18.8. The average molecular weight is 477 g/mol. The first kappa shape index (κ1) is 23.2. The van der Waals surface area contributed by atoms with E-state index in [-0.39, 0.29) is 23.9 Å². The van der Waals surface area contributed by atoms with Gasteiger partial charge in [-0.1, -0.05) is 30.0 Å². The number of anilines is 1. The molecular formula is C24H24N6O3S. The first-order valence-corrected chi connectivity index (χ1v) is 11.5. The Balaban J connectivity index is 1.34. The number of hydrogen-bond acceptors (Lipinski definition) is 7. The first-order valence-electron chi connectivity index (χ1n) is 10.5. The van der Waals surface area contributed by atoms with E-state index in [9.17, 15) is 9.59 Å². The van der Waals surface area contributed by atoms with Crippen molar-refractivity contribution < 1.29 is 14.3 Å². The molecule has 2 aromatic heterocycles. The topological polar surface area (TPSA) is 104 Å². The number of thioether (sulfide) groups is 1. The number of hydrogen-bond donors (Lipinski definition) is 1. The van der Waals surface area contributed by atoms with Gasteiger partial charge in [0.15, 0.2) is 16.8 Å². The molecule has 0 fully saturated rings. The van der Waals surface area contributed by atoms with Gasteiger partial charge < -0.3 is 14.6 Å². The summed E-state index contributed by atoms with van der Waals surface area (Å²) in [5, 5.41) is 16.2. The van der Waals surface area contributed by atoms with Crippen LogP contribution in [0.5, 0.6) is 5.75 Å². The highest BCUT2D eigenvalue weighted by Crippen LogP contribution is 2.24. The van der Waals surface area contributed by atoms with Crippen molar-refractivity contribution in [3.8, 4) is 22.8 Å². The highest BCUT2D eigenvalue weighted by atomic mass is 32.2. The van der Waals surface area contributed by atoms with Gasteiger partial charge in [0.2, 0.25) is 5.91 Å². The second-order valence-electron chi connectivity index (χ2n) is 7.56. The predicted octanol–water partition coefficient (Wildman–Crippen LogP) is 3.67. The summed E-state index contributed by atoms with van der Waals surface area (Å²) in [5.74, 6) is 1.47. The van der Waals surface area contributed by atoms with Gasteiger partial charge >= 0.3 is 0 Å². The highest BCUT2D eigenvalue weighted by molar-refractivity contribution is 7.99. The number of nitrogens with zero attached hydrogens (tertiary/aromatic N) is 5. The van der Waals surface area contributed by atoms with Crippen molar-refractivity contribution in [2.24, 2.45) is 7.05 Å². The number of carbonyl (C=O) groups excluding carboxylic acids is 2. The molecule has 4 rings (SSSR count). The van der Waals surface area contributed by atoms with Crippen LogP contribution >= 0.6 is 11.8 Å². The zero-order valence-corrected chi connectivity index (χ0v) is 19.9. The molecule has 34 heavy (non-hydrogen) atoms. The van der Waals surface area contributed by atoms with Crippen LogP contribution < -0.4 is 10.1 Å². The minimum absolute atomic E-state index is 0.110. The molecule has 1 N–H and O–H groups in total. The molecule has 0 bridgehead atoms. The molecule has 9 nitrogen and oxygen atoms in total. The fourth-order valence-electron chi connectivity index (χ4n) is 3.35. The van der Waals surface area contributed by atoms with Gasteiger partial charge in [0.25, 0.3) is 0 Å². The van der Waals surface area contributed by atoms with Crippen LogP contribution in [0.4, 0.5) is 5.82 Å². The van der Waals surface area contributed by atoms with Gasteiger partial charge in [-0.2, -0.15) is 5.10 Å². The van der Waals surface area contributed by atoms with E-state index in [0.29, 0.717) is 16.8 Å². The van der Waals surface area contributed by atoms with E-state index >= 15 is 0 Å². The maximum Gasteiger partial charge on any atom is 0.233 e. The quantitative estimate of drug-likeness (QED) is 0.290. The lowest BCUT2D eigenvalue weighted by atomic mass is 10.2. The number of carbonyl (C=O) groups is 2. The smallest absolute Gasteiger partial charge is 0.233 e. The van der Waals surface area contributed by atoms with Gasteiger partial charge in [0.1, 0.15) is 11.6 Å². The number of ketones is 1. The third kappa shape index (κ3) is 5.34. The fourth-order valence-corrected chi connectivity index (χ4v) is 4.12. The lowest BCUT2D eigenvalue weighted by Gasteiger charge is -2.08. The monoisotopic (exact) mass is 476 g/mol. The molecule has 0 aliphatic carbocycles. The summed E-state index contributed by atoms with van der Waals surface area (Å²) in [5.41, 5.74) is 2.47. The lowest BCUT2D eigenvalue weighted by molar-refractivity contribution is -0.124. The third-order valence-electron chi connectivity index (χ3n) is 5.00. The molecule has 0 radical (unpaired) electrons. The Kier molecular flexibility index (Phi) is 7.07. The predicted molar refractivity (Wildman–Crippen MR) is 130 cm³/mol. The van der Waals surface area contributed by atoms with Gasteiger partial charge in [0.05, 0.1) is 30.7 Å². The number of ether oxygens (including phenoxy) is 1. The molecular weight excluding hydrogens is 452 g/mol. The molecule has 0 atom stereocenters. The highest BCUT2D eigenvalue weighted by Gasteiger charge is 2.17. The molecule has 1 amide bonds. The number of Topliss-reactive ketones (excluding diaryl/α,β-unsaturated/α-hetero) is 1. The molecule has 2 aromatic carbocycles. The van der Waals surface area contributed by atoms with Crippen LogP contribution in [0, 0.1) is 6.92 Å². The summed E-state index contributed by atoms with van der Waals surface area (Å²) < 4.78 is 8.65. The zero-order chi connectivity index (χ0) is 24.1. The summed E-state index contributed by atoms with van der Waals surface area (Å²) in [4.78, 5) is 25.0. The van der Waals surface area contributed by atoms with Gasteiger partial charge in [-0.3, -0.25) is 9.59 Å². The Morgan fingerprint density at radius 1 is 1.06 bits per heavy atom. The van der Waals surface area contributed by atoms with Crippen molar-refractivity contribution in [1.29, 1.82) is 0 Å². The van der Waals surface area contributed by atoms with Crippen LogP contribution in [0.25, 0.3) is 17.1 Å². The Bertz CT molecular complexity index is 1300. The normalized spacial score (nSPS) is 10.8. The molecule has 174 valence electrons. The lowest BCUT2D eigenvalue weighted by Crippen LogP contribution is -2.19. The van der Waals surface area contributed by atoms with Crippen molar-refractivity contribution in [2.75, 3.05) is 18.2 Å². The van der Waals surface area contributed by atoms with Gasteiger partial charge in [-0.25, -0.2) is 4.68 Å². The molecule has 10 heteroatoms. The Labute approximate surface area is 201 Å². The number of aromatic nitrogens is 5. The molecule has 0 saturated carbocycles. The number of para-hydroxylation sites is 1. The zero-order valence-electron chi connectivity index (χ0n) is 19.1. The van der Waals surface area contributed by atoms with Crippen molar-refractivity contribution in [3.63, 3.8) is 0 Å². The van der Waals surface area contributed by atoms with E-state index in [1.54, 1.807) is 17.9 Å². The number of methoxy groups -OCH3 is 1. The second kappa shape index (κ2) is 10.3. The van der Waals surface area contributed by atoms with Crippen molar-refractivity contribution >= 4 is 29.3 Å². The summed E-state index contributed by atoms with van der Waals surface area (Å²) in [6.45, 7) is 1.85. The van der Waals surface area contributed by atoms with Crippen LogP contribution in [-0.4, -0.2) is 49.1 Å². The Morgan fingerprint density at radius 2 is 1.79 bits per heavy atom. The van der Waals surface area contributed by atoms with Crippen molar-refractivity contribution in [1.82, 2.24) is 24.5 Å². The molecule has 0 unspecified atom stereocenters. The minimum Gasteiger partial charge on any atom is -0.497 e. The van der Waals surface area contributed by atoms with E-state index in [1.807, 2.05) is 73.1 Å². The minimum atomic E-state index is -0.389. The Morgan fingerprint density at radius 3 is 2.50 bits per heavy atom. The number of aryl methyl sites for hydroxylation is 1. The largest absolute Gasteiger partial charge is 0.497 e. The van der Waals surface area contributed by atoms with Crippen molar-refractivity contribution in [2.45, 2.75) is 18.5 Å². The van der Waals surface area contributed by atoms with Crippen molar-refractivity contribution in [3.05, 3.63) is 66.4 Å². The van der Waals surface area contributed by atoms with E-state index in [1.165, 1.54) is 11.8 Å². The van der Waals surface area contributed by atoms with Crippen LogP contribution in [0.2, 0.25) is 0 Å². The van der Waals surface area contributed by atoms with Gasteiger partial charge in [-0.15, -0.1) is 10.2 Å². The summed E-state index contributed by atoms with van der Waals surface area (Å²) in [6.07, 6.45) is -0.241. The SMILES string of the molecule is COc1ccc(-c2nnc(SCC(=O)CC(=O)Nc3cc(C)nn3-c3ccccc3)n2C)cc1. The number of benzene rings is 2. The van der Waals surface area contributed by atoms with Crippen LogP contribution in [0.3, 0.4) is 0 Å². The number of nitrogens with one attached hydrogen (secondary N) is 1. The molecule has 4 aromatic rings. The van der Waals surface area contributed by atoms with E-state index in [0.717, 1.165) is 22.7 Å². The fraction of sp³-hybridized carbons (Fsp3) is 0.208. The third-order valence-corrected chi connectivity index (χ3v) is 6.08. The van der Waals surface area contributed by atoms with Gasteiger partial charge in [-0.05, 0) is 43.3 Å². The average Bonchev–Trinajstić information content (AvgIpc) is 3.39. The van der Waals surface area contributed by atoms with Crippen LogP contribution in [0.15, 0.2) is 65.8 Å². The standard InChI is InChI=1S/C24H24N6O3S/c1-16-13-21(30(28-16)18-7-5-4-6-8-18)25-22(32)14-19(31)15-34-24-27-26-23(29(24)2)17-9-11-20(33-3)12-10-17/h4-13H,14-15H2,1-3H3,(H,25,32). The van der Waals surface area contributed by atoms with Gasteiger partial charge in [0, 0.05) is 18.7 Å². The van der Waals surface area contributed by atoms with E-state index in [2.05, 4.69) is 20.6 Å². The van der Waals surface area contributed by atoms with Crippen LogP contribution in [-0.2, 0) is 16.6 Å². The molecule has 2 heterocycles. The first-order chi connectivity index (χ1) is 16.4. The Hall–Kier alpha value is -3.92. The maximum absolute atomic E-state index is 12.5. The molecule has 0 aliphatic heterocycles. The number of amides is 1. The van der Waals surface area contributed by atoms with E-state index in [4.69, 9.17) is 4.74 Å².